The lowest BCUT2D eigenvalue weighted by Gasteiger charge is -2.11. The van der Waals surface area contributed by atoms with Crippen molar-refractivity contribution in [3.8, 4) is 0 Å². The molecule has 21 heavy (non-hydrogen) atoms. The molecule has 2 atom stereocenters. The fraction of sp³-hybridized carbons (Fsp3) is 0.133. The minimum atomic E-state index is -1.28. The first-order valence-corrected chi connectivity index (χ1v) is 7.84. The molecule has 0 aliphatic heterocycles. The number of amides is 1. The normalized spacial score (nSPS) is 13.5. The molecule has 0 aliphatic carbocycles. The molecule has 2 unspecified atom stereocenters. The van der Waals surface area contributed by atoms with Crippen LogP contribution in [0.3, 0.4) is 0 Å². The van der Waals surface area contributed by atoms with E-state index in [4.69, 9.17) is 17.3 Å². The lowest BCUT2D eigenvalue weighted by molar-refractivity contribution is -0.117. The fourth-order valence-corrected chi connectivity index (χ4v) is 2.78. The van der Waals surface area contributed by atoms with Gasteiger partial charge in [-0.25, -0.2) is 0 Å². The average molecular weight is 323 g/mol. The number of anilines is 1. The Kier molecular flexibility index (Phi) is 5.25. The Morgan fingerprint density at radius 1 is 1.14 bits per heavy atom. The van der Waals surface area contributed by atoms with Crippen molar-refractivity contribution >= 4 is 34.4 Å². The Morgan fingerprint density at radius 2 is 1.62 bits per heavy atom. The molecule has 0 aromatic heterocycles. The summed E-state index contributed by atoms with van der Waals surface area (Å²) in [4.78, 5) is 12.8. The molecule has 2 aromatic carbocycles. The molecule has 0 aliphatic rings. The molecule has 0 heterocycles. The van der Waals surface area contributed by atoms with Gasteiger partial charge < -0.3 is 15.6 Å². The molecule has 110 valence electrons. The van der Waals surface area contributed by atoms with Crippen LogP contribution in [-0.2, 0) is 16.0 Å². The molecule has 0 saturated heterocycles. The summed E-state index contributed by atoms with van der Waals surface area (Å²) in [7, 11) is 0. The second-order valence-electron chi connectivity index (χ2n) is 4.52. The summed E-state index contributed by atoms with van der Waals surface area (Å²) in [6, 6.07) is 13.1. The van der Waals surface area contributed by atoms with Crippen LogP contribution in [0.4, 0.5) is 5.69 Å². The molecule has 2 aromatic rings. The van der Waals surface area contributed by atoms with Crippen LogP contribution in [0.1, 0.15) is 6.92 Å². The average Bonchev–Trinajstić information content (AvgIpc) is 2.48. The van der Waals surface area contributed by atoms with E-state index >= 15 is 0 Å². The molecule has 1 amide bonds. The molecule has 0 radical (unpaired) electrons. The molecule has 2 rings (SSSR count). The number of carbonyl (C=O) groups is 1. The smallest absolute Gasteiger partial charge is 0.240 e. The Morgan fingerprint density at radius 3 is 2.10 bits per heavy atom. The minimum absolute atomic E-state index is 0.262. The molecule has 4 nitrogen and oxygen atoms in total. The zero-order valence-corrected chi connectivity index (χ0v) is 12.9. The van der Waals surface area contributed by atoms with Crippen LogP contribution in [0, 0.1) is 0 Å². The number of nitrogens with two attached hydrogens (primary N) is 1. The number of nitrogens with one attached hydrogen (secondary N) is 1. The maximum atomic E-state index is 12.4. The number of carbonyl (C=O) groups excluding carboxylic acids is 1. The first kappa shape index (κ1) is 15.9. The van der Waals surface area contributed by atoms with E-state index in [1.807, 2.05) is 0 Å². The van der Waals surface area contributed by atoms with Crippen molar-refractivity contribution in [1.29, 1.82) is 0 Å². The summed E-state index contributed by atoms with van der Waals surface area (Å²) in [6.07, 6.45) is 0. The van der Waals surface area contributed by atoms with Crippen molar-refractivity contribution in [1.82, 2.24) is 0 Å². The van der Waals surface area contributed by atoms with E-state index in [1.165, 1.54) is 0 Å². The molecule has 0 fully saturated rings. The fourth-order valence-electron chi connectivity index (χ4n) is 1.61. The maximum absolute atomic E-state index is 12.4. The summed E-state index contributed by atoms with van der Waals surface area (Å²) in [6.45, 7) is 1.61. The van der Waals surface area contributed by atoms with Crippen LogP contribution in [-0.4, -0.2) is 16.5 Å². The van der Waals surface area contributed by atoms with Gasteiger partial charge in [-0.1, -0.05) is 11.6 Å². The number of benzene rings is 2. The zero-order valence-electron chi connectivity index (χ0n) is 11.4. The largest absolute Gasteiger partial charge is 0.606 e. The Hall–Kier alpha value is -1.53. The van der Waals surface area contributed by atoms with Gasteiger partial charge in [-0.3, -0.25) is 4.79 Å². The molecule has 0 bridgehead atoms. The van der Waals surface area contributed by atoms with Gasteiger partial charge >= 0.3 is 0 Å². The van der Waals surface area contributed by atoms with E-state index in [1.54, 1.807) is 55.5 Å². The van der Waals surface area contributed by atoms with Crippen molar-refractivity contribution in [2.24, 2.45) is 5.73 Å². The van der Waals surface area contributed by atoms with Gasteiger partial charge in [-0.05, 0) is 55.5 Å². The predicted molar refractivity (Wildman–Crippen MR) is 84.8 cm³/mol. The number of rotatable bonds is 4. The summed E-state index contributed by atoms with van der Waals surface area (Å²) in [5.41, 5.74) is 6.10. The van der Waals surface area contributed by atoms with Crippen LogP contribution in [0.5, 0.6) is 0 Å². The highest BCUT2D eigenvalue weighted by atomic mass is 35.5. The van der Waals surface area contributed by atoms with Crippen molar-refractivity contribution in [3.63, 3.8) is 0 Å². The highest BCUT2D eigenvalue weighted by Crippen LogP contribution is 2.23. The van der Waals surface area contributed by atoms with Gasteiger partial charge in [0.2, 0.25) is 5.91 Å². The van der Waals surface area contributed by atoms with E-state index in [0.717, 1.165) is 0 Å². The van der Waals surface area contributed by atoms with Crippen LogP contribution < -0.4 is 11.1 Å². The topological polar surface area (TPSA) is 78.2 Å². The standard InChI is InChI=1S/C15H15ClN2O2S/c1-10(17)15(19)18-12-4-8-14(9-5-12)21(20)13-6-2-11(16)3-7-13/h2-10H,17H2,1H3,(H,18,19). The van der Waals surface area contributed by atoms with E-state index in [0.29, 0.717) is 20.5 Å². The monoisotopic (exact) mass is 322 g/mol. The Balaban J connectivity index is 2.11. The third-order valence-corrected chi connectivity index (χ3v) is 4.43. The molecule has 6 heteroatoms. The van der Waals surface area contributed by atoms with Gasteiger partial charge in [0.15, 0.2) is 9.79 Å². The van der Waals surface area contributed by atoms with Gasteiger partial charge in [0.1, 0.15) is 0 Å². The van der Waals surface area contributed by atoms with Gasteiger partial charge in [0.05, 0.1) is 6.04 Å². The third kappa shape index (κ3) is 4.22. The lowest BCUT2D eigenvalue weighted by atomic mass is 10.3. The first-order chi connectivity index (χ1) is 9.97. The Labute approximate surface area is 131 Å². The minimum Gasteiger partial charge on any atom is -0.606 e. The highest BCUT2D eigenvalue weighted by Gasteiger charge is 2.15. The summed E-state index contributed by atoms with van der Waals surface area (Å²) in [5.74, 6) is -0.262. The van der Waals surface area contributed by atoms with Crippen molar-refractivity contribution < 1.29 is 9.35 Å². The second kappa shape index (κ2) is 6.95. The predicted octanol–water partition coefficient (Wildman–Crippen LogP) is 2.79. The lowest BCUT2D eigenvalue weighted by Crippen LogP contribution is -2.32. The van der Waals surface area contributed by atoms with Crippen LogP contribution >= 0.6 is 11.6 Å². The molecular formula is C15H15ClN2O2S. The van der Waals surface area contributed by atoms with Crippen molar-refractivity contribution in [3.05, 3.63) is 53.6 Å². The summed E-state index contributed by atoms with van der Waals surface area (Å²) >= 11 is 4.53. The Bertz CT molecular complexity index is 615. The van der Waals surface area contributed by atoms with Gasteiger partial charge in [-0.2, -0.15) is 0 Å². The molecule has 0 saturated carbocycles. The highest BCUT2D eigenvalue weighted by molar-refractivity contribution is 7.91. The summed E-state index contributed by atoms with van der Waals surface area (Å²) in [5, 5.41) is 3.28. The van der Waals surface area contributed by atoms with E-state index in [9.17, 15) is 9.35 Å². The second-order valence-corrected chi connectivity index (χ2v) is 6.44. The van der Waals surface area contributed by atoms with E-state index in [-0.39, 0.29) is 5.91 Å². The van der Waals surface area contributed by atoms with E-state index in [2.05, 4.69) is 5.32 Å². The third-order valence-electron chi connectivity index (χ3n) is 2.78. The van der Waals surface area contributed by atoms with Crippen molar-refractivity contribution in [2.75, 3.05) is 5.32 Å². The maximum Gasteiger partial charge on any atom is 0.240 e. The number of halogens is 1. The quantitative estimate of drug-likeness (QED) is 0.850. The van der Waals surface area contributed by atoms with Crippen LogP contribution in [0.25, 0.3) is 0 Å². The van der Waals surface area contributed by atoms with E-state index < -0.39 is 17.2 Å². The number of hydrogen-bond donors (Lipinski definition) is 2. The van der Waals surface area contributed by atoms with Gasteiger partial charge in [0, 0.05) is 21.9 Å². The van der Waals surface area contributed by atoms with Gasteiger partial charge in [-0.15, -0.1) is 0 Å². The zero-order chi connectivity index (χ0) is 15.4. The summed E-state index contributed by atoms with van der Waals surface area (Å²) < 4.78 is 12.4. The molecule has 3 N–H and O–H groups in total. The number of hydrogen-bond acceptors (Lipinski definition) is 3. The first-order valence-electron chi connectivity index (χ1n) is 6.31. The molecule has 0 spiro atoms. The SMILES string of the molecule is CC(N)C(=O)Nc1ccc([S+]([O-])c2ccc(Cl)cc2)cc1. The van der Waals surface area contributed by atoms with Gasteiger partial charge in [0.25, 0.3) is 0 Å². The van der Waals surface area contributed by atoms with Crippen LogP contribution in [0.2, 0.25) is 5.02 Å². The molecular weight excluding hydrogens is 308 g/mol. The van der Waals surface area contributed by atoms with Crippen molar-refractivity contribution in [2.45, 2.75) is 22.8 Å². The van der Waals surface area contributed by atoms with Crippen LogP contribution in [0.15, 0.2) is 58.3 Å².